The van der Waals surface area contributed by atoms with Crippen LogP contribution in [0.1, 0.15) is 22.3 Å². The number of halogens is 2. The Kier molecular flexibility index (Phi) is 2.79. The summed E-state index contributed by atoms with van der Waals surface area (Å²) in [6.45, 7) is 7.12. The van der Waals surface area contributed by atoms with E-state index in [-0.39, 0.29) is 11.6 Å². The lowest BCUT2D eigenvalue weighted by atomic mass is 9.93. The maximum atomic E-state index is 14.7. The van der Waals surface area contributed by atoms with Gasteiger partial charge in [0.05, 0.1) is 0 Å². The van der Waals surface area contributed by atoms with E-state index in [2.05, 4.69) is 0 Å². The molecule has 3 aromatic rings. The van der Waals surface area contributed by atoms with E-state index in [4.69, 9.17) is 0 Å². The standard InChI is InChI=1S/C18H16F2/c1-9-7-14-6-5-13-8-10(2)17(19)12(4)15(13)16(14)18(20)11(9)3/h5-8H,1-4H3. The lowest BCUT2D eigenvalue weighted by molar-refractivity contribution is 0.611. The predicted octanol–water partition coefficient (Wildman–Crippen LogP) is 5.50. The highest BCUT2D eigenvalue weighted by Gasteiger charge is 2.15. The van der Waals surface area contributed by atoms with Crippen molar-refractivity contribution >= 4 is 21.5 Å². The van der Waals surface area contributed by atoms with Crippen molar-refractivity contribution in [2.24, 2.45) is 0 Å². The second-order valence-corrected chi connectivity index (χ2v) is 5.53. The van der Waals surface area contributed by atoms with Crippen LogP contribution in [0.3, 0.4) is 0 Å². The van der Waals surface area contributed by atoms with Crippen molar-refractivity contribution < 1.29 is 8.78 Å². The third-order valence-corrected chi connectivity index (χ3v) is 4.20. The molecular formula is C18H16F2. The summed E-state index contributed by atoms with van der Waals surface area (Å²) < 4.78 is 28.9. The van der Waals surface area contributed by atoms with E-state index in [1.165, 1.54) is 0 Å². The van der Waals surface area contributed by atoms with Gasteiger partial charge in [-0.05, 0) is 72.2 Å². The second kappa shape index (κ2) is 4.27. The average Bonchev–Trinajstić information content (AvgIpc) is 2.42. The molecule has 3 rings (SSSR count). The maximum absolute atomic E-state index is 14.7. The van der Waals surface area contributed by atoms with E-state index in [0.29, 0.717) is 27.5 Å². The van der Waals surface area contributed by atoms with E-state index in [1.54, 1.807) is 26.8 Å². The molecule has 0 fully saturated rings. The fourth-order valence-corrected chi connectivity index (χ4v) is 2.92. The number of aryl methyl sites for hydroxylation is 3. The summed E-state index contributed by atoms with van der Waals surface area (Å²) in [5, 5.41) is 2.92. The van der Waals surface area contributed by atoms with Crippen LogP contribution in [0.5, 0.6) is 0 Å². The Balaban J connectivity index is 2.66. The van der Waals surface area contributed by atoms with Crippen LogP contribution in [0, 0.1) is 39.3 Å². The summed E-state index contributed by atoms with van der Waals surface area (Å²) in [7, 11) is 0. The van der Waals surface area contributed by atoms with Gasteiger partial charge in [0.1, 0.15) is 11.6 Å². The highest BCUT2D eigenvalue weighted by Crippen LogP contribution is 2.34. The zero-order valence-electron chi connectivity index (χ0n) is 12.1. The predicted molar refractivity (Wildman–Crippen MR) is 80.3 cm³/mol. The summed E-state index contributed by atoms with van der Waals surface area (Å²) >= 11 is 0. The molecule has 0 amide bonds. The zero-order valence-corrected chi connectivity index (χ0v) is 12.1. The molecular weight excluding hydrogens is 254 g/mol. The van der Waals surface area contributed by atoms with Gasteiger partial charge in [0, 0.05) is 5.39 Å². The molecule has 0 bridgehead atoms. The number of fused-ring (bicyclic) bond motifs is 3. The quantitative estimate of drug-likeness (QED) is 0.473. The molecule has 0 saturated carbocycles. The van der Waals surface area contributed by atoms with Crippen molar-refractivity contribution in [3.63, 3.8) is 0 Å². The Bertz CT molecular complexity index is 788. The highest BCUT2D eigenvalue weighted by molar-refractivity contribution is 6.10. The molecule has 0 aliphatic heterocycles. The molecule has 0 N–H and O–H groups in total. The van der Waals surface area contributed by atoms with Crippen LogP contribution in [-0.2, 0) is 0 Å². The SMILES string of the molecule is Cc1cc2ccc3cc(C)c(F)c(C)c3c2c(F)c1C. The third-order valence-electron chi connectivity index (χ3n) is 4.20. The van der Waals surface area contributed by atoms with Crippen LogP contribution < -0.4 is 0 Å². The number of rotatable bonds is 0. The minimum atomic E-state index is -0.248. The summed E-state index contributed by atoms with van der Waals surface area (Å²) in [6.07, 6.45) is 0. The van der Waals surface area contributed by atoms with Gasteiger partial charge in [-0.25, -0.2) is 8.78 Å². The molecule has 0 atom stereocenters. The minimum Gasteiger partial charge on any atom is -0.206 e. The first-order chi connectivity index (χ1) is 9.41. The third kappa shape index (κ3) is 1.64. The second-order valence-electron chi connectivity index (χ2n) is 5.53. The van der Waals surface area contributed by atoms with Crippen molar-refractivity contribution in [3.8, 4) is 0 Å². The molecule has 0 nitrogen and oxygen atoms in total. The first-order valence-corrected chi connectivity index (χ1v) is 6.69. The average molecular weight is 270 g/mol. The maximum Gasteiger partial charge on any atom is 0.134 e. The van der Waals surface area contributed by atoms with Gasteiger partial charge in [-0.3, -0.25) is 0 Å². The molecule has 0 heterocycles. The highest BCUT2D eigenvalue weighted by atomic mass is 19.1. The van der Waals surface area contributed by atoms with E-state index < -0.39 is 0 Å². The normalized spacial score (nSPS) is 11.5. The Hall–Kier alpha value is -1.96. The number of hydrogen-bond acceptors (Lipinski definition) is 0. The molecule has 20 heavy (non-hydrogen) atoms. The Morgan fingerprint density at radius 2 is 1.20 bits per heavy atom. The van der Waals surface area contributed by atoms with Crippen molar-refractivity contribution in [1.82, 2.24) is 0 Å². The summed E-state index contributed by atoms with van der Waals surface area (Å²) in [4.78, 5) is 0. The van der Waals surface area contributed by atoms with Gasteiger partial charge in [0.25, 0.3) is 0 Å². The van der Waals surface area contributed by atoms with E-state index in [0.717, 1.165) is 16.3 Å². The van der Waals surface area contributed by atoms with Crippen molar-refractivity contribution in [2.75, 3.05) is 0 Å². The van der Waals surface area contributed by atoms with Crippen molar-refractivity contribution in [1.29, 1.82) is 0 Å². The molecule has 2 heteroatoms. The zero-order chi connectivity index (χ0) is 14.6. The lowest BCUT2D eigenvalue weighted by Crippen LogP contribution is -1.95. The Morgan fingerprint density at radius 3 is 1.85 bits per heavy atom. The fourth-order valence-electron chi connectivity index (χ4n) is 2.92. The largest absolute Gasteiger partial charge is 0.206 e. The van der Waals surface area contributed by atoms with Gasteiger partial charge in [0.2, 0.25) is 0 Å². The molecule has 102 valence electrons. The molecule has 0 radical (unpaired) electrons. The minimum absolute atomic E-state index is 0.239. The van der Waals surface area contributed by atoms with Crippen LogP contribution in [0.25, 0.3) is 21.5 Å². The molecule has 0 aromatic heterocycles. The van der Waals surface area contributed by atoms with Crippen LogP contribution >= 0.6 is 0 Å². The van der Waals surface area contributed by atoms with Crippen LogP contribution in [0.15, 0.2) is 24.3 Å². The number of hydrogen-bond donors (Lipinski definition) is 0. The van der Waals surface area contributed by atoms with Gasteiger partial charge in [0.15, 0.2) is 0 Å². The van der Waals surface area contributed by atoms with Crippen LogP contribution in [-0.4, -0.2) is 0 Å². The first kappa shape index (κ1) is 13.0. The van der Waals surface area contributed by atoms with E-state index in [1.807, 2.05) is 25.1 Å². The molecule has 0 saturated heterocycles. The van der Waals surface area contributed by atoms with E-state index in [9.17, 15) is 8.78 Å². The monoisotopic (exact) mass is 270 g/mol. The number of benzene rings is 3. The van der Waals surface area contributed by atoms with Crippen molar-refractivity contribution in [2.45, 2.75) is 27.7 Å². The molecule has 0 unspecified atom stereocenters. The van der Waals surface area contributed by atoms with Gasteiger partial charge in [-0.2, -0.15) is 0 Å². The molecule has 3 aromatic carbocycles. The van der Waals surface area contributed by atoms with Crippen LogP contribution in [0.4, 0.5) is 8.78 Å². The van der Waals surface area contributed by atoms with E-state index >= 15 is 0 Å². The smallest absolute Gasteiger partial charge is 0.134 e. The summed E-state index contributed by atoms with van der Waals surface area (Å²) in [6, 6.07) is 7.59. The summed E-state index contributed by atoms with van der Waals surface area (Å²) in [5.74, 6) is -0.486. The summed E-state index contributed by atoms with van der Waals surface area (Å²) in [5.41, 5.74) is 2.66. The topological polar surface area (TPSA) is 0 Å². The van der Waals surface area contributed by atoms with Crippen LogP contribution in [0.2, 0.25) is 0 Å². The Labute approximate surface area is 117 Å². The molecule has 0 spiro atoms. The van der Waals surface area contributed by atoms with Gasteiger partial charge >= 0.3 is 0 Å². The first-order valence-electron chi connectivity index (χ1n) is 6.69. The van der Waals surface area contributed by atoms with Gasteiger partial charge in [-0.1, -0.05) is 18.2 Å². The molecule has 0 aliphatic rings. The van der Waals surface area contributed by atoms with Crippen molar-refractivity contribution in [3.05, 3.63) is 58.2 Å². The lowest BCUT2D eigenvalue weighted by Gasteiger charge is -2.13. The molecule has 0 aliphatic carbocycles. The Morgan fingerprint density at radius 1 is 0.650 bits per heavy atom. The van der Waals surface area contributed by atoms with Gasteiger partial charge in [-0.15, -0.1) is 0 Å². The fraction of sp³-hybridized carbons (Fsp3) is 0.222. The van der Waals surface area contributed by atoms with Gasteiger partial charge < -0.3 is 0 Å².